The van der Waals surface area contributed by atoms with Crippen molar-refractivity contribution < 1.29 is 14.1 Å². The van der Waals surface area contributed by atoms with Crippen LogP contribution in [0.2, 0.25) is 0 Å². The molecule has 1 atom stereocenters. The molecule has 118 valence electrons. The first-order valence-electron chi connectivity index (χ1n) is 7.35. The molecule has 1 fully saturated rings. The van der Waals surface area contributed by atoms with Crippen molar-refractivity contribution in [2.45, 2.75) is 6.54 Å². The van der Waals surface area contributed by atoms with Crippen LogP contribution >= 0.6 is 11.3 Å². The molecule has 3 aromatic heterocycles. The van der Waals surface area contributed by atoms with Crippen LogP contribution in [0.4, 0.5) is 0 Å². The maximum atomic E-state index is 12.5. The van der Waals surface area contributed by atoms with Crippen molar-refractivity contribution in [2.24, 2.45) is 0 Å². The number of piperazine rings is 1. The summed E-state index contributed by atoms with van der Waals surface area (Å²) >= 11 is 1.42. The predicted molar refractivity (Wildman–Crippen MR) is 85.4 cm³/mol. The van der Waals surface area contributed by atoms with Gasteiger partial charge in [0.1, 0.15) is 17.1 Å². The maximum absolute atomic E-state index is 12.5. The molecule has 0 aliphatic carbocycles. The van der Waals surface area contributed by atoms with Crippen molar-refractivity contribution in [1.29, 1.82) is 0 Å². The molecule has 8 heteroatoms. The normalized spacial score (nSPS) is 18.3. The van der Waals surface area contributed by atoms with E-state index in [-0.39, 0.29) is 11.5 Å². The summed E-state index contributed by atoms with van der Waals surface area (Å²) in [5.41, 5.74) is 0.596. The number of fused-ring (bicyclic) bond motifs is 1. The van der Waals surface area contributed by atoms with Crippen molar-refractivity contribution in [3.63, 3.8) is 0 Å². The van der Waals surface area contributed by atoms with Gasteiger partial charge in [0.15, 0.2) is 12.4 Å². The van der Waals surface area contributed by atoms with Gasteiger partial charge in [0, 0.05) is 10.9 Å². The zero-order chi connectivity index (χ0) is 15.8. The summed E-state index contributed by atoms with van der Waals surface area (Å²) in [5, 5.41) is 5.24. The minimum Gasteiger partial charge on any atom is -0.464 e. The van der Waals surface area contributed by atoms with Crippen molar-refractivity contribution in [3.8, 4) is 11.3 Å². The molecule has 0 bridgehead atoms. The Labute approximate surface area is 134 Å². The van der Waals surface area contributed by atoms with Crippen LogP contribution in [0.1, 0.15) is 5.82 Å². The van der Waals surface area contributed by atoms with E-state index in [1.165, 1.54) is 11.3 Å². The lowest BCUT2D eigenvalue weighted by Crippen LogP contribution is -3.14. The van der Waals surface area contributed by atoms with Gasteiger partial charge >= 0.3 is 0 Å². The monoisotopic (exact) mass is 331 g/mol. The quantitative estimate of drug-likeness (QED) is 0.618. The molecule has 0 saturated carbocycles. The van der Waals surface area contributed by atoms with Gasteiger partial charge in [0.05, 0.1) is 24.7 Å². The van der Waals surface area contributed by atoms with Gasteiger partial charge in [0.2, 0.25) is 0 Å². The molecule has 3 N–H and O–H groups in total. The molecule has 3 aromatic rings. The Kier molecular flexibility index (Phi) is 3.47. The van der Waals surface area contributed by atoms with Crippen LogP contribution in [0, 0.1) is 0 Å². The Balaban J connectivity index is 1.68. The van der Waals surface area contributed by atoms with E-state index in [9.17, 15) is 9.59 Å². The van der Waals surface area contributed by atoms with E-state index in [1.54, 1.807) is 12.3 Å². The van der Waals surface area contributed by atoms with Crippen LogP contribution in [0.3, 0.4) is 0 Å². The molecular weight excluding hydrogens is 316 g/mol. The van der Waals surface area contributed by atoms with Gasteiger partial charge in [-0.1, -0.05) is 0 Å². The average Bonchev–Trinajstić information content (AvgIpc) is 3.15. The summed E-state index contributed by atoms with van der Waals surface area (Å²) in [7, 11) is 0. The van der Waals surface area contributed by atoms with Crippen LogP contribution in [0.15, 0.2) is 33.0 Å². The number of H-pyrrole nitrogens is 1. The summed E-state index contributed by atoms with van der Waals surface area (Å²) in [5.74, 6) is 1.31. The van der Waals surface area contributed by atoms with Crippen molar-refractivity contribution in [1.82, 2.24) is 15.3 Å². The number of hydrogen-bond acceptors (Lipinski definition) is 5. The molecule has 0 spiro atoms. The minimum atomic E-state index is -0.168. The Bertz CT molecular complexity index is 913. The summed E-state index contributed by atoms with van der Waals surface area (Å²) in [6, 6.07) is 3.62. The number of amides is 1. The van der Waals surface area contributed by atoms with Gasteiger partial charge in [-0.15, -0.1) is 11.3 Å². The molecule has 4 heterocycles. The fraction of sp³-hybridized carbons (Fsp3) is 0.267. The lowest BCUT2D eigenvalue weighted by molar-refractivity contribution is -0.907. The van der Waals surface area contributed by atoms with Crippen LogP contribution in [0.5, 0.6) is 0 Å². The number of furan rings is 1. The lowest BCUT2D eigenvalue weighted by Gasteiger charge is -2.22. The number of aromatic amines is 1. The van der Waals surface area contributed by atoms with Gasteiger partial charge in [-0.3, -0.25) is 9.59 Å². The Morgan fingerprint density at radius 1 is 1.39 bits per heavy atom. The summed E-state index contributed by atoms with van der Waals surface area (Å²) in [6.07, 6.45) is 1.58. The van der Waals surface area contributed by atoms with Gasteiger partial charge in [-0.2, -0.15) is 0 Å². The molecule has 0 radical (unpaired) electrons. The summed E-state index contributed by atoms with van der Waals surface area (Å²) < 4.78 is 5.38. The topological polar surface area (TPSA) is 92.4 Å². The number of thiophene rings is 1. The SMILES string of the molecule is O=C1C[NH+](Cc2nc3scc(-c4ccco4)c3c(=O)[nH]2)CCN1. The largest absolute Gasteiger partial charge is 0.464 e. The Hall–Kier alpha value is -2.45. The van der Waals surface area contributed by atoms with E-state index < -0.39 is 0 Å². The van der Waals surface area contributed by atoms with Crippen molar-refractivity contribution >= 4 is 27.5 Å². The number of rotatable bonds is 3. The second-order valence-electron chi connectivity index (χ2n) is 5.52. The number of nitrogens with one attached hydrogen (secondary N) is 3. The molecule has 1 amide bonds. The van der Waals surface area contributed by atoms with Crippen molar-refractivity contribution in [2.75, 3.05) is 19.6 Å². The van der Waals surface area contributed by atoms with Gasteiger partial charge in [-0.05, 0) is 12.1 Å². The number of carbonyl (C=O) groups is 1. The molecule has 0 aromatic carbocycles. The van der Waals surface area contributed by atoms with Crippen molar-refractivity contribution in [3.05, 3.63) is 40.0 Å². The van der Waals surface area contributed by atoms with E-state index in [0.29, 0.717) is 41.4 Å². The first-order chi connectivity index (χ1) is 11.2. The number of quaternary nitrogens is 1. The first kappa shape index (κ1) is 14.2. The molecule has 7 nitrogen and oxygen atoms in total. The minimum absolute atomic E-state index is 0.0332. The molecule has 1 unspecified atom stereocenters. The van der Waals surface area contributed by atoms with E-state index in [1.807, 2.05) is 11.4 Å². The zero-order valence-corrected chi connectivity index (χ0v) is 13.0. The Morgan fingerprint density at radius 3 is 3.09 bits per heavy atom. The number of carbonyl (C=O) groups excluding carboxylic acids is 1. The third kappa shape index (κ3) is 2.66. The standard InChI is InChI=1S/C15H14N4O3S/c20-12-7-19(4-3-16-12)6-11-17-14(21)13-9(8-23-15(13)18-11)10-2-1-5-22-10/h1-2,5,8H,3-4,6-7H2,(H,16,20)(H,17,18,21)/p+1. The molecule has 23 heavy (non-hydrogen) atoms. The number of aromatic nitrogens is 2. The molecule has 1 aliphatic heterocycles. The smallest absolute Gasteiger partial charge is 0.275 e. The van der Waals surface area contributed by atoms with Crippen LogP contribution in [-0.4, -0.2) is 35.5 Å². The van der Waals surface area contributed by atoms with E-state index in [2.05, 4.69) is 15.3 Å². The third-order valence-corrected chi connectivity index (χ3v) is 4.78. The third-order valence-electron chi connectivity index (χ3n) is 3.91. The highest BCUT2D eigenvalue weighted by Crippen LogP contribution is 2.30. The highest BCUT2D eigenvalue weighted by molar-refractivity contribution is 7.17. The summed E-state index contributed by atoms with van der Waals surface area (Å²) in [4.78, 5) is 33.1. The highest BCUT2D eigenvalue weighted by atomic mass is 32.1. The predicted octanol–water partition coefficient (Wildman–Crippen LogP) is -0.241. The fourth-order valence-corrected chi connectivity index (χ4v) is 3.78. The van der Waals surface area contributed by atoms with Crippen LogP contribution in [-0.2, 0) is 11.3 Å². The molecular formula is C15H15N4O3S+. The molecule has 4 rings (SSSR count). The van der Waals surface area contributed by atoms with Gasteiger partial charge < -0.3 is 19.6 Å². The highest BCUT2D eigenvalue weighted by Gasteiger charge is 2.22. The van der Waals surface area contributed by atoms with Gasteiger partial charge in [-0.25, -0.2) is 4.98 Å². The molecule has 1 saturated heterocycles. The second-order valence-corrected chi connectivity index (χ2v) is 6.38. The van der Waals surface area contributed by atoms with Gasteiger partial charge in [0.25, 0.3) is 11.5 Å². The number of hydrogen-bond donors (Lipinski definition) is 3. The Morgan fingerprint density at radius 2 is 2.30 bits per heavy atom. The van der Waals surface area contributed by atoms with Crippen LogP contribution < -0.4 is 15.8 Å². The average molecular weight is 331 g/mol. The maximum Gasteiger partial charge on any atom is 0.275 e. The first-order valence-corrected chi connectivity index (χ1v) is 8.23. The number of nitrogens with zero attached hydrogens (tertiary/aromatic N) is 1. The van der Waals surface area contributed by atoms with E-state index in [4.69, 9.17) is 4.42 Å². The van der Waals surface area contributed by atoms with Crippen LogP contribution in [0.25, 0.3) is 21.5 Å². The zero-order valence-electron chi connectivity index (χ0n) is 12.2. The lowest BCUT2D eigenvalue weighted by atomic mass is 10.2. The fourth-order valence-electron chi connectivity index (χ4n) is 2.83. The van der Waals surface area contributed by atoms with E-state index >= 15 is 0 Å². The summed E-state index contributed by atoms with van der Waals surface area (Å²) in [6.45, 7) is 2.42. The second kappa shape index (κ2) is 5.64. The van der Waals surface area contributed by atoms with E-state index in [0.717, 1.165) is 17.0 Å². The molecule has 1 aliphatic rings.